The van der Waals surface area contributed by atoms with Crippen LogP contribution in [0.25, 0.3) is 0 Å². The van der Waals surface area contributed by atoms with E-state index in [-0.39, 0.29) is 10.9 Å². The molecule has 0 aliphatic rings. The summed E-state index contributed by atoms with van der Waals surface area (Å²) in [6.45, 7) is 0. The lowest BCUT2D eigenvalue weighted by Gasteiger charge is -2.07. The first-order valence-corrected chi connectivity index (χ1v) is 5.10. The van der Waals surface area contributed by atoms with E-state index in [1.54, 1.807) is 0 Å². The summed E-state index contributed by atoms with van der Waals surface area (Å²) in [4.78, 5) is 21.3. The van der Waals surface area contributed by atoms with E-state index in [4.69, 9.17) is 10.2 Å². The van der Waals surface area contributed by atoms with Gasteiger partial charge >= 0.3 is 11.9 Å². The zero-order valence-electron chi connectivity index (χ0n) is 7.98. The van der Waals surface area contributed by atoms with Gasteiger partial charge < -0.3 is 10.2 Å². The van der Waals surface area contributed by atoms with Crippen LogP contribution in [-0.4, -0.2) is 22.2 Å². The Labute approximate surface area is 98.8 Å². The van der Waals surface area contributed by atoms with Crippen LogP contribution in [0.4, 0.5) is 4.39 Å². The molecule has 0 aliphatic carbocycles. The molecular formula is C10H8BrFO4. The molecule has 0 aromatic heterocycles. The topological polar surface area (TPSA) is 74.6 Å². The number of carboxylic acid groups (broad SMARTS) is 2. The third-order valence-electron chi connectivity index (χ3n) is 2.02. The molecule has 1 aromatic carbocycles. The summed E-state index contributed by atoms with van der Waals surface area (Å²) in [6, 6.07) is 3.88. The molecule has 1 aromatic rings. The number of aliphatic carboxylic acids is 2. The predicted octanol–water partition coefficient (Wildman–Crippen LogP) is 1.92. The minimum absolute atomic E-state index is 0.177. The first-order chi connectivity index (χ1) is 7.41. The van der Waals surface area contributed by atoms with Crippen molar-refractivity contribution < 1.29 is 24.2 Å². The highest BCUT2D eigenvalue weighted by Gasteiger charge is 2.26. The van der Waals surface area contributed by atoms with Crippen molar-refractivity contribution in [1.82, 2.24) is 0 Å². The Morgan fingerprint density at radius 1 is 1.31 bits per heavy atom. The van der Waals surface area contributed by atoms with Gasteiger partial charge in [-0.1, -0.05) is 6.07 Å². The molecule has 4 nitrogen and oxygen atoms in total. The Balaban J connectivity index is 2.90. The maximum Gasteiger partial charge on any atom is 0.318 e. The van der Waals surface area contributed by atoms with Gasteiger partial charge in [-0.2, -0.15) is 0 Å². The molecule has 1 rings (SSSR count). The van der Waals surface area contributed by atoms with E-state index in [1.807, 2.05) is 0 Å². The monoisotopic (exact) mass is 290 g/mol. The summed E-state index contributed by atoms with van der Waals surface area (Å²) < 4.78 is 13.1. The van der Waals surface area contributed by atoms with Gasteiger partial charge in [0.15, 0.2) is 5.92 Å². The van der Waals surface area contributed by atoms with Gasteiger partial charge in [-0.15, -0.1) is 0 Å². The van der Waals surface area contributed by atoms with Crippen LogP contribution in [0.1, 0.15) is 5.56 Å². The van der Waals surface area contributed by atoms with Crippen molar-refractivity contribution in [3.8, 4) is 0 Å². The highest BCUT2D eigenvalue weighted by Crippen LogP contribution is 2.19. The number of carboxylic acids is 2. The number of benzene rings is 1. The first kappa shape index (κ1) is 12.6. The molecule has 0 bridgehead atoms. The molecule has 0 fully saturated rings. The van der Waals surface area contributed by atoms with Crippen molar-refractivity contribution >= 4 is 27.9 Å². The van der Waals surface area contributed by atoms with Crippen molar-refractivity contribution in [2.75, 3.05) is 0 Å². The normalized spacial score (nSPS) is 10.4. The van der Waals surface area contributed by atoms with Gasteiger partial charge in [0.2, 0.25) is 0 Å². The number of rotatable bonds is 4. The molecule has 0 heterocycles. The Kier molecular flexibility index (Phi) is 4.00. The summed E-state index contributed by atoms with van der Waals surface area (Å²) in [7, 11) is 0. The highest BCUT2D eigenvalue weighted by atomic mass is 79.9. The largest absolute Gasteiger partial charge is 0.481 e. The highest BCUT2D eigenvalue weighted by molar-refractivity contribution is 9.10. The molecule has 0 unspecified atom stereocenters. The average molecular weight is 291 g/mol. The predicted molar refractivity (Wildman–Crippen MR) is 56.6 cm³/mol. The van der Waals surface area contributed by atoms with E-state index in [0.29, 0.717) is 5.56 Å². The van der Waals surface area contributed by atoms with Crippen LogP contribution in [0, 0.1) is 11.7 Å². The van der Waals surface area contributed by atoms with Crippen molar-refractivity contribution in [3.63, 3.8) is 0 Å². The van der Waals surface area contributed by atoms with Crippen molar-refractivity contribution in [2.24, 2.45) is 5.92 Å². The molecular weight excluding hydrogens is 283 g/mol. The first-order valence-electron chi connectivity index (χ1n) is 4.31. The number of halogens is 2. The van der Waals surface area contributed by atoms with Crippen molar-refractivity contribution in [2.45, 2.75) is 6.42 Å². The third-order valence-corrected chi connectivity index (χ3v) is 2.63. The summed E-state index contributed by atoms with van der Waals surface area (Å²) in [5.41, 5.74) is 0.447. The van der Waals surface area contributed by atoms with Crippen LogP contribution in [-0.2, 0) is 16.0 Å². The van der Waals surface area contributed by atoms with Gasteiger partial charge in [-0.05, 0) is 40.0 Å². The maximum atomic E-state index is 12.9. The van der Waals surface area contributed by atoms with Crippen LogP contribution in [0.15, 0.2) is 22.7 Å². The molecule has 86 valence electrons. The Morgan fingerprint density at radius 3 is 2.31 bits per heavy atom. The summed E-state index contributed by atoms with van der Waals surface area (Å²) in [6.07, 6.45) is -0.177. The Bertz CT molecular complexity index is 419. The molecule has 0 radical (unpaired) electrons. The van der Waals surface area contributed by atoms with Crippen LogP contribution >= 0.6 is 15.9 Å². The van der Waals surface area contributed by atoms with Crippen molar-refractivity contribution in [3.05, 3.63) is 34.1 Å². The van der Waals surface area contributed by atoms with Gasteiger partial charge in [0.1, 0.15) is 5.82 Å². The smallest absolute Gasteiger partial charge is 0.318 e. The second-order valence-corrected chi connectivity index (χ2v) is 4.04. The quantitative estimate of drug-likeness (QED) is 0.831. The fraction of sp³-hybridized carbons (Fsp3) is 0.200. The Morgan fingerprint density at radius 2 is 1.88 bits per heavy atom. The van der Waals surface area contributed by atoms with Gasteiger partial charge in [0.25, 0.3) is 0 Å². The fourth-order valence-corrected chi connectivity index (χ4v) is 1.61. The molecule has 0 saturated carbocycles. The van der Waals surface area contributed by atoms with Crippen LogP contribution in [0.2, 0.25) is 0 Å². The zero-order chi connectivity index (χ0) is 12.3. The standard InChI is InChI=1S/C10H8BrFO4/c11-7-4-5(1-2-8(7)12)3-6(9(13)14)10(15)16/h1-2,4,6H,3H2,(H,13,14)(H,15,16). The van der Waals surface area contributed by atoms with E-state index in [1.165, 1.54) is 12.1 Å². The maximum absolute atomic E-state index is 12.9. The summed E-state index contributed by atoms with van der Waals surface area (Å²) in [5.74, 6) is -4.82. The molecule has 0 spiro atoms. The van der Waals surface area contributed by atoms with Gasteiger partial charge in [0, 0.05) is 0 Å². The van der Waals surface area contributed by atoms with E-state index >= 15 is 0 Å². The van der Waals surface area contributed by atoms with Crippen LogP contribution < -0.4 is 0 Å². The summed E-state index contributed by atoms with van der Waals surface area (Å²) in [5, 5.41) is 17.3. The Hall–Kier alpha value is -1.43. The molecule has 0 aliphatic heterocycles. The van der Waals surface area contributed by atoms with E-state index in [2.05, 4.69) is 15.9 Å². The van der Waals surface area contributed by atoms with E-state index in [0.717, 1.165) is 6.07 Å². The van der Waals surface area contributed by atoms with E-state index in [9.17, 15) is 14.0 Å². The number of hydrogen-bond donors (Lipinski definition) is 2. The molecule has 0 saturated heterocycles. The zero-order valence-corrected chi connectivity index (χ0v) is 9.57. The lowest BCUT2D eigenvalue weighted by molar-refractivity contribution is -0.154. The average Bonchev–Trinajstić information content (AvgIpc) is 2.18. The second-order valence-electron chi connectivity index (χ2n) is 3.18. The molecule has 16 heavy (non-hydrogen) atoms. The molecule has 6 heteroatoms. The SMILES string of the molecule is O=C(O)C(Cc1ccc(F)c(Br)c1)C(=O)O. The van der Waals surface area contributed by atoms with Gasteiger partial charge in [-0.25, -0.2) is 4.39 Å². The number of carbonyl (C=O) groups is 2. The fourth-order valence-electron chi connectivity index (χ4n) is 1.18. The van der Waals surface area contributed by atoms with Gasteiger partial charge in [-0.3, -0.25) is 9.59 Å². The van der Waals surface area contributed by atoms with Crippen LogP contribution in [0.3, 0.4) is 0 Å². The lowest BCUT2D eigenvalue weighted by Crippen LogP contribution is -2.25. The second kappa shape index (κ2) is 5.07. The van der Waals surface area contributed by atoms with Crippen molar-refractivity contribution in [1.29, 1.82) is 0 Å². The van der Waals surface area contributed by atoms with Crippen LogP contribution in [0.5, 0.6) is 0 Å². The molecule has 0 amide bonds. The van der Waals surface area contributed by atoms with Gasteiger partial charge in [0.05, 0.1) is 4.47 Å². The lowest BCUT2D eigenvalue weighted by atomic mass is 10.00. The molecule has 2 N–H and O–H groups in total. The summed E-state index contributed by atoms with van der Waals surface area (Å²) >= 11 is 2.94. The number of hydrogen-bond acceptors (Lipinski definition) is 2. The molecule has 0 atom stereocenters. The van der Waals surface area contributed by atoms with E-state index < -0.39 is 23.7 Å². The minimum Gasteiger partial charge on any atom is -0.481 e. The minimum atomic E-state index is -1.52. The third kappa shape index (κ3) is 3.03.